The summed E-state index contributed by atoms with van der Waals surface area (Å²) in [6, 6.07) is 13.3. The van der Waals surface area contributed by atoms with Crippen LogP contribution >= 0.6 is 0 Å². The zero-order chi connectivity index (χ0) is 23.1. The third-order valence-corrected chi connectivity index (χ3v) is 5.82. The first-order valence-corrected chi connectivity index (χ1v) is 10.8. The summed E-state index contributed by atoms with van der Waals surface area (Å²) in [4.78, 5) is 29.0. The van der Waals surface area contributed by atoms with Crippen molar-refractivity contribution in [1.82, 2.24) is 10.2 Å². The molecule has 7 heteroatoms. The van der Waals surface area contributed by atoms with E-state index < -0.39 is 6.04 Å². The number of rotatable bonds is 7. The number of carbonyl (C=O) groups is 2. The van der Waals surface area contributed by atoms with E-state index in [0.29, 0.717) is 0 Å². The van der Waals surface area contributed by atoms with Crippen molar-refractivity contribution in [3.63, 3.8) is 0 Å². The lowest BCUT2D eigenvalue weighted by molar-refractivity contribution is -0.136. The molecule has 2 aromatic rings. The van der Waals surface area contributed by atoms with Crippen molar-refractivity contribution in [3.8, 4) is 5.75 Å². The highest BCUT2D eigenvalue weighted by Crippen LogP contribution is 2.22. The monoisotopic (exact) mass is 439 g/mol. The predicted octanol–water partition coefficient (Wildman–Crippen LogP) is 3.48. The molecule has 0 saturated carbocycles. The van der Waals surface area contributed by atoms with Gasteiger partial charge in [-0.1, -0.05) is 12.1 Å². The van der Waals surface area contributed by atoms with Crippen molar-refractivity contribution < 1.29 is 18.7 Å². The van der Waals surface area contributed by atoms with E-state index in [-0.39, 0.29) is 23.7 Å². The van der Waals surface area contributed by atoms with E-state index in [1.54, 1.807) is 44.2 Å². The van der Waals surface area contributed by atoms with Gasteiger partial charge in [-0.15, -0.1) is 0 Å². The van der Waals surface area contributed by atoms with Crippen LogP contribution in [0, 0.1) is 5.82 Å². The van der Waals surface area contributed by atoms with Crippen LogP contribution < -0.4 is 15.0 Å². The zero-order valence-corrected chi connectivity index (χ0v) is 18.8. The van der Waals surface area contributed by atoms with Crippen LogP contribution in [0.15, 0.2) is 54.6 Å². The van der Waals surface area contributed by atoms with E-state index in [4.69, 9.17) is 4.74 Å². The molecular formula is C25H30FN3O3. The molecule has 0 bridgehead atoms. The molecule has 1 unspecified atom stereocenters. The van der Waals surface area contributed by atoms with Crippen molar-refractivity contribution in [2.24, 2.45) is 0 Å². The molecule has 1 atom stereocenters. The Bertz CT molecular complexity index is 936. The van der Waals surface area contributed by atoms with Crippen molar-refractivity contribution in [1.29, 1.82) is 0 Å². The number of nitrogens with one attached hydrogen (secondary N) is 1. The summed E-state index contributed by atoms with van der Waals surface area (Å²) >= 11 is 0. The molecule has 32 heavy (non-hydrogen) atoms. The number of anilines is 1. The van der Waals surface area contributed by atoms with Gasteiger partial charge in [-0.2, -0.15) is 0 Å². The second-order valence-electron chi connectivity index (χ2n) is 7.98. The molecule has 170 valence electrons. The maximum atomic E-state index is 13.1. The number of carbonyl (C=O) groups excluding carboxylic acids is 2. The van der Waals surface area contributed by atoms with Gasteiger partial charge in [0.2, 0.25) is 11.8 Å². The molecular weight excluding hydrogens is 409 g/mol. The molecule has 0 radical (unpaired) electrons. The van der Waals surface area contributed by atoms with E-state index in [1.807, 2.05) is 24.3 Å². The van der Waals surface area contributed by atoms with Gasteiger partial charge in [-0.05, 0) is 67.8 Å². The summed E-state index contributed by atoms with van der Waals surface area (Å²) in [6.45, 7) is 3.28. The van der Waals surface area contributed by atoms with Gasteiger partial charge in [0.1, 0.15) is 17.6 Å². The van der Waals surface area contributed by atoms with Gasteiger partial charge in [-0.25, -0.2) is 4.39 Å². The number of amides is 2. The molecule has 0 spiro atoms. The average Bonchev–Trinajstić information content (AvgIpc) is 2.82. The minimum atomic E-state index is -0.622. The predicted molar refractivity (Wildman–Crippen MR) is 124 cm³/mol. The van der Waals surface area contributed by atoms with Gasteiger partial charge in [0.05, 0.1) is 7.11 Å². The lowest BCUT2D eigenvalue weighted by Crippen LogP contribution is -2.51. The Morgan fingerprint density at radius 1 is 1.12 bits per heavy atom. The second kappa shape index (κ2) is 10.8. The molecule has 1 aliphatic rings. The minimum Gasteiger partial charge on any atom is -0.497 e. The van der Waals surface area contributed by atoms with E-state index in [9.17, 15) is 14.0 Å². The standard InChI is InChI=1S/C25H30FN3O3/c1-18(27-24(30)13-6-19-4-11-23(32-3)12-5-19)25(31)28(2)21-14-16-29(17-15-21)22-9-7-20(26)8-10-22/h4-13,18,21H,14-17H2,1-3H3,(H,27,30)/b13-6+. The molecule has 0 aromatic heterocycles. The number of halogens is 1. The normalized spacial score (nSPS) is 15.4. The summed E-state index contributed by atoms with van der Waals surface area (Å²) in [6.07, 6.45) is 4.75. The molecule has 0 aliphatic carbocycles. The highest BCUT2D eigenvalue weighted by Gasteiger charge is 2.28. The zero-order valence-electron chi connectivity index (χ0n) is 18.8. The quantitative estimate of drug-likeness (QED) is 0.671. The number of hydrogen-bond donors (Lipinski definition) is 1. The van der Waals surface area contributed by atoms with E-state index in [2.05, 4.69) is 10.2 Å². The third-order valence-electron chi connectivity index (χ3n) is 5.82. The second-order valence-corrected chi connectivity index (χ2v) is 7.98. The number of methoxy groups -OCH3 is 1. The molecule has 1 heterocycles. The van der Waals surface area contributed by atoms with Crippen LogP contribution in [0.5, 0.6) is 5.75 Å². The van der Waals surface area contributed by atoms with Crippen LogP contribution in [0.2, 0.25) is 0 Å². The first-order valence-electron chi connectivity index (χ1n) is 10.8. The summed E-state index contributed by atoms with van der Waals surface area (Å²) in [5.74, 6) is 0.0684. The Hall–Kier alpha value is -3.35. The first kappa shape index (κ1) is 23.3. The smallest absolute Gasteiger partial charge is 0.244 e. The summed E-state index contributed by atoms with van der Waals surface area (Å²) < 4.78 is 18.3. The highest BCUT2D eigenvalue weighted by molar-refractivity contribution is 5.95. The third kappa shape index (κ3) is 6.09. The number of hydrogen-bond acceptors (Lipinski definition) is 4. The summed E-state index contributed by atoms with van der Waals surface area (Å²) in [7, 11) is 3.39. The van der Waals surface area contributed by atoms with E-state index >= 15 is 0 Å². The van der Waals surface area contributed by atoms with Crippen LogP contribution in [-0.2, 0) is 9.59 Å². The van der Waals surface area contributed by atoms with Crippen molar-refractivity contribution >= 4 is 23.6 Å². The Balaban J connectivity index is 1.47. The Morgan fingerprint density at radius 2 is 1.75 bits per heavy atom. The maximum Gasteiger partial charge on any atom is 0.244 e. The highest BCUT2D eigenvalue weighted by atomic mass is 19.1. The minimum absolute atomic E-state index is 0.105. The van der Waals surface area contributed by atoms with Gasteiger partial charge < -0.3 is 19.9 Å². The van der Waals surface area contributed by atoms with E-state index in [0.717, 1.165) is 42.9 Å². The van der Waals surface area contributed by atoms with Crippen LogP contribution in [0.3, 0.4) is 0 Å². The fraction of sp³-hybridized carbons (Fsp3) is 0.360. The number of nitrogens with zero attached hydrogens (tertiary/aromatic N) is 2. The largest absolute Gasteiger partial charge is 0.497 e. The van der Waals surface area contributed by atoms with Gasteiger partial charge >= 0.3 is 0 Å². The van der Waals surface area contributed by atoms with Gasteiger partial charge in [0, 0.05) is 37.9 Å². The number of benzene rings is 2. The Labute approximate surface area is 188 Å². The van der Waals surface area contributed by atoms with Crippen LogP contribution in [0.25, 0.3) is 6.08 Å². The van der Waals surface area contributed by atoms with Crippen LogP contribution in [0.4, 0.5) is 10.1 Å². The van der Waals surface area contributed by atoms with Gasteiger partial charge in [0.15, 0.2) is 0 Å². The average molecular weight is 440 g/mol. The SMILES string of the molecule is COc1ccc(/C=C/C(=O)NC(C)C(=O)N(C)C2CCN(c3ccc(F)cc3)CC2)cc1. The van der Waals surface area contributed by atoms with E-state index in [1.165, 1.54) is 18.2 Å². The molecule has 1 N–H and O–H groups in total. The molecule has 1 aliphatic heterocycles. The molecule has 2 amide bonds. The van der Waals surface area contributed by atoms with Gasteiger partial charge in [-0.3, -0.25) is 9.59 Å². The molecule has 2 aromatic carbocycles. The number of ether oxygens (including phenoxy) is 1. The number of piperidine rings is 1. The topological polar surface area (TPSA) is 61.9 Å². The van der Waals surface area contributed by atoms with Crippen molar-refractivity contribution in [3.05, 3.63) is 66.0 Å². The molecule has 6 nitrogen and oxygen atoms in total. The fourth-order valence-electron chi connectivity index (χ4n) is 3.86. The fourth-order valence-corrected chi connectivity index (χ4v) is 3.86. The summed E-state index contributed by atoms with van der Waals surface area (Å²) in [5.41, 5.74) is 1.85. The lowest BCUT2D eigenvalue weighted by Gasteiger charge is -2.38. The Kier molecular flexibility index (Phi) is 7.87. The first-order chi connectivity index (χ1) is 15.4. The van der Waals surface area contributed by atoms with Gasteiger partial charge in [0.25, 0.3) is 0 Å². The lowest BCUT2D eigenvalue weighted by atomic mass is 10.0. The van der Waals surface area contributed by atoms with Crippen molar-refractivity contribution in [2.45, 2.75) is 31.8 Å². The Morgan fingerprint density at radius 3 is 2.34 bits per heavy atom. The maximum absolute atomic E-state index is 13.1. The van der Waals surface area contributed by atoms with Crippen LogP contribution in [0.1, 0.15) is 25.3 Å². The summed E-state index contributed by atoms with van der Waals surface area (Å²) in [5, 5.41) is 2.74. The molecule has 3 rings (SSSR count). The number of likely N-dealkylation sites (N-methyl/N-ethyl adjacent to an activating group) is 1. The van der Waals surface area contributed by atoms with Crippen LogP contribution in [-0.4, -0.2) is 56.0 Å². The molecule has 1 fully saturated rings. The van der Waals surface area contributed by atoms with Crippen molar-refractivity contribution in [2.75, 3.05) is 32.1 Å². The molecule has 1 saturated heterocycles.